The Morgan fingerprint density at radius 2 is 2.25 bits per heavy atom. The highest BCUT2D eigenvalue weighted by Gasteiger charge is 2.16. The van der Waals surface area contributed by atoms with Crippen molar-refractivity contribution in [3.05, 3.63) is 17.5 Å². The fraction of sp³-hybridized carbons (Fsp3) is 0.636. The van der Waals surface area contributed by atoms with Crippen molar-refractivity contribution < 1.29 is 4.79 Å². The SMILES string of the molecule is Cc1c(CNC(=O)C(C)C(C)N)cnn1C. The summed E-state index contributed by atoms with van der Waals surface area (Å²) in [5.41, 5.74) is 7.76. The number of carbonyl (C=O) groups is 1. The topological polar surface area (TPSA) is 72.9 Å². The van der Waals surface area contributed by atoms with Gasteiger partial charge in [0.1, 0.15) is 0 Å². The van der Waals surface area contributed by atoms with Gasteiger partial charge in [0, 0.05) is 36.8 Å². The summed E-state index contributed by atoms with van der Waals surface area (Å²) in [5.74, 6) is -0.185. The van der Waals surface area contributed by atoms with Crippen molar-refractivity contribution >= 4 is 5.91 Å². The number of amides is 1. The van der Waals surface area contributed by atoms with Crippen molar-refractivity contribution in [3.8, 4) is 0 Å². The highest BCUT2D eigenvalue weighted by atomic mass is 16.1. The molecule has 0 saturated carbocycles. The Kier molecular flexibility index (Phi) is 4.06. The maximum absolute atomic E-state index is 11.7. The van der Waals surface area contributed by atoms with Crippen molar-refractivity contribution in [1.82, 2.24) is 15.1 Å². The Balaban J connectivity index is 2.52. The third kappa shape index (κ3) is 2.82. The number of hydrogen-bond acceptors (Lipinski definition) is 3. The van der Waals surface area contributed by atoms with E-state index in [0.29, 0.717) is 6.54 Å². The first-order valence-corrected chi connectivity index (χ1v) is 5.44. The Morgan fingerprint density at radius 1 is 1.62 bits per heavy atom. The van der Waals surface area contributed by atoms with Gasteiger partial charge in [0.15, 0.2) is 0 Å². The number of aryl methyl sites for hydroxylation is 1. The molecule has 2 atom stereocenters. The number of nitrogens with zero attached hydrogens (tertiary/aromatic N) is 2. The van der Waals surface area contributed by atoms with E-state index in [1.54, 1.807) is 10.9 Å². The normalized spacial score (nSPS) is 14.6. The van der Waals surface area contributed by atoms with Crippen LogP contribution in [-0.2, 0) is 18.4 Å². The molecule has 16 heavy (non-hydrogen) atoms. The Morgan fingerprint density at radius 3 is 2.69 bits per heavy atom. The second-order valence-corrected chi connectivity index (χ2v) is 4.24. The molecule has 5 heteroatoms. The number of carbonyl (C=O) groups excluding carboxylic acids is 1. The van der Waals surface area contributed by atoms with Gasteiger partial charge in [-0.05, 0) is 13.8 Å². The highest BCUT2D eigenvalue weighted by Crippen LogP contribution is 2.06. The molecule has 2 unspecified atom stereocenters. The number of aromatic nitrogens is 2. The van der Waals surface area contributed by atoms with Gasteiger partial charge in [-0.25, -0.2) is 0 Å². The fourth-order valence-corrected chi connectivity index (χ4v) is 1.30. The summed E-state index contributed by atoms with van der Waals surface area (Å²) in [4.78, 5) is 11.7. The van der Waals surface area contributed by atoms with Gasteiger partial charge in [-0.1, -0.05) is 6.92 Å². The summed E-state index contributed by atoms with van der Waals surface area (Å²) in [6.07, 6.45) is 1.77. The van der Waals surface area contributed by atoms with Gasteiger partial charge in [0.25, 0.3) is 0 Å². The molecule has 1 heterocycles. The standard InChI is InChI=1S/C11H20N4O/c1-7(8(2)12)11(16)13-5-10-6-14-15(4)9(10)3/h6-8H,5,12H2,1-4H3,(H,13,16). The van der Waals surface area contributed by atoms with Crippen molar-refractivity contribution in [2.75, 3.05) is 0 Å². The lowest BCUT2D eigenvalue weighted by Gasteiger charge is -2.15. The van der Waals surface area contributed by atoms with Gasteiger partial charge in [-0.15, -0.1) is 0 Å². The first-order valence-electron chi connectivity index (χ1n) is 5.44. The van der Waals surface area contributed by atoms with Crippen LogP contribution in [0.3, 0.4) is 0 Å². The largest absolute Gasteiger partial charge is 0.352 e. The average Bonchev–Trinajstić information content (AvgIpc) is 2.55. The lowest BCUT2D eigenvalue weighted by Crippen LogP contribution is -2.38. The third-order valence-corrected chi connectivity index (χ3v) is 2.99. The summed E-state index contributed by atoms with van der Waals surface area (Å²) < 4.78 is 1.79. The number of rotatable bonds is 4. The van der Waals surface area contributed by atoms with Crippen molar-refractivity contribution in [2.45, 2.75) is 33.4 Å². The van der Waals surface area contributed by atoms with Crippen molar-refractivity contribution in [1.29, 1.82) is 0 Å². The fourth-order valence-electron chi connectivity index (χ4n) is 1.30. The predicted molar refractivity (Wildman–Crippen MR) is 62.6 cm³/mol. The van der Waals surface area contributed by atoms with Crippen molar-refractivity contribution in [2.24, 2.45) is 18.7 Å². The monoisotopic (exact) mass is 224 g/mol. The van der Waals surface area contributed by atoms with E-state index in [1.807, 2.05) is 27.8 Å². The number of nitrogens with two attached hydrogens (primary N) is 1. The van der Waals surface area contributed by atoms with E-state index in [1.165, 1.54) is 0 Å². The minimum atomic E-state index is -0.169. The van der Waals surface area contributed by atoms with Crippen molar-refractivity contribution in [3.63, 3.8) is 0 Å². The second kappa shape index (κ2) is 5.12. The molecule has 5 nitrogen and oxygen atoms in total. The van der Waals surface area contributed by atoms with E-state index < -0.39 is 0 Å². The van der Waals surface area contributed by atoms with E-state index in [4.69, 9.17) is 5.73 Å². The smallest absolute Gasteiger partial charge is 0.224 e. The van der Waals surface area contributed by atoms with Gasteiger partial charge in [0.2, 0.25) is 5.91 Å². The van der Waals surface area contributed by atoms with E-state index in [9.17, 15) is 4.79 Å². The van der Waals surface area contributed by atoms with Gasteiger partial charge >= 0.3 is 0 Å². The van der Waals surface area contributed by atoms with E-state index in [0.717, 1.165) is 11.3 Å². The number of nitrogens with one attached hydrogen (secondary N) is 1. The van der Waals surface area contributed by atoms with Gasteiger partial charge in [-0.2, -0.15) is 5.10 Å². The molecule has 1 rings (SSSR count). The molecular weight excluding hydrogens is 204 g/mol. The molecule has 90 valence electrons. The molecule has 1 aromatic rings. The summed E-state index contributed by atoms with van der Waals surface area (Å²) >= 11 is 0. The lowest BCUT2D eigenvalue weighted by atomic mass is 10.0. The van der Waals surface area contributed by atoms with Gasteiger partial charge in [0.05, 0.1) is 6.20 Å². The molecule has 0 saturated heterocycles. The molecule has 0 fully saturated rings. The zero-order chi connectivity index (χ0) is 12.3. The highest BCUT2D eigenvalue weighted by molar-refractivity contribution is 5.78. The lowest BCUT2D eigenvalue weighted by molar-refractivity contribution is -0.125. The molecule has 0 aliphatic carbocycles. The second-order valence-electron chi connectivity index (χ2n) is 4.24. The van der Waals surface area contributed by atoms with Crippen LogP contribution in [0.15, 0.2) is 6.20 Å². The molecule has 0 aromatic carbocycles. The van der Waals surface area contributed by atoms with E-state index in [2.05, 4.69) is 10.4 Å². The molecule has 1 aromatic heterocycles. The molecule has 0 aliphatic rings. The van der Waals surface area contributed by atoms with Crippen LogP contribution in [0.4, 0.5) is 0 Å². The Bertz CT molecular complexity index is 370. The molecule has 3 N–H and O–H groups in total. The third-order valence-electron chi connectivity index (χ3n) is 2.99. The first kappa shape index (κ1) is 12.7. The van der Waals surface area contributed by atoms with E-state index in [-0.39, 0.29) is 17.9 Å². The average molecular weight is 224 g/mol. The summed E-state index contributed by atoms with van der Waals surface area (Å²) in [6, 6.07) is -0.130. The van der Waals surface area contributed by atoms with Crippen LogP contribution in [0.2, 0.25) is 0 Å². The van der Waals surface area contributed by atoms with Gasteiger partial charge in [-0.3, -0.25) is 9.48 Å². The molecule has 1 amide bonds. The Labute approximate surface area is 96.0 Å². The van der Waals surface area contributed by atoms with Crippen LogP contribution in [0, 0.1) is 12.8 Å². The maximum atomic E-state index is 11.7. The molecule has 0 radical (unpaired) electrons. The summed E-state index contributed by atoms with van der Waals surface area (Å²) in [6.45, 7) is 6.15. The van der Waals surface area contributed by atoms with Crippen LogP contribution in [0.25, 0.3) is 0 Å². The van der Waals surface area contributed by atoms with E-state index >= 15 is 0 Å². The first-order chi connectivity index (χ1) is 7.43. The van der Waals surface area contributed by atoms with Gasteiger partial charge < -0.3 is 11.1 Å². The zero-order valence-corrected chi connectivity index (χ0v) is 10.3. The predicted octanol–water partition coefficient (Wildman–Crippen LogP) is 0.328. The summed E-state index contributed by atoms with van der Waals surface area (Å²) in [5, 5.41) is 6.98. The van der Waals surface area contributed by atoms with Crippen LogP contribution in [-0.4, -0.2) is 21.7 Å². The van der Waals surface area contributed by atoms with Crippen LogP contribution in [0.1, 0.15) is 25.1 Å². The quantitative estimate of drug-likeness (QED) is 0.774. The minimum Gasteiger partial charge on any atom is -0.352 e. The zero-order valence-electron chi connectivity index (χ0n) is 10.3. The molecule has 0 aliphatic heterocycles. The Hall–Kier alpha value is -1.36. The molecule has 0 bridgehead atoms. The molecule has 0 spiro atoms. The number of hydrogen-bond donors (Lipinski definition) is 2. The van der Waals surface area contributed by atoms with Crippen LogP contribution in [0.5, 0.6) is 0 Å². The van der Waals surface area contributed by atoms with Crippen LogP contribution < -0.4 is 11.1 Å². The van der Waals surface area contributed by atoms with Crippen LogP contribution >= 0.6 is 0 Å². The maximum Gasteiger partial charge on any atom is 0.224 e. The minimum absolute atomic E-state index is 0.0155. The molecular formula is C11H20N4O. The summed E-state index contributed by atoms with van der Waals surface area (Å²) in [7, 11) is 1.88.